The van der Waals surface area contributed by atoms with Crippen molar-refractivity contribution in [3.63, 3.8) is 0 Å². The molecule has 18 heavy (non-hydrogen) atoms. The van der Waals surface area contributed by atoms with Crippen LogP contribution in [0.3, 0.4) is 0 Å². The molecule has 0 heterocycles. The fraction of sp³-hybridized carbons (Fsp3) is 0.143. The number of rotatable bonds is 4. The van der Waals surface area contributed by atoms with Crippen molar-refractivity contribution >= 4 is 27.5 Å². The first kappa shape index (κ1) is 13.4. The van der Waals surface area contributed by atoms with Gasteiger partial charge in [0.1, 0.15) is 18.2 Å². The molecule has 0 saturated heterocycles. The topological polar surface area (TPSA) is 9.23 Å². The second kappa shape index (κ2) is 6.21. The second-order valence-electron chi connectivity index (χ2n) is 3.78. The molecule has 0 aliphatic rings. The van der Waals surface area contributed by atoms with Crippen LogP contribution in [0.25, 0.3) is 0 Å². The van der Waals surface area contributed by atoms with E-state index in [0.717, 1.165) is 11.1 Å². The molecule has 94 valence electrons. The van der Waals surface area contributed by atoms with Gasteiger partial charge in [0.15, 0.2) is 0 Å². The Kier molecular flexibility index (Phi) is 4.61. The molecule has 0 spiro atoms. The average molecular weight is 330 g/mol. The number of halogens is 3. The van der Waals surface area contributed by atoms with Gasteiger partial charge in [-0.05, 0) is 23.8 Å². The number of alkyl halides is 1. The SMILES string of the molecule is Fc1cccc(COc2c(Cl)cccc2CBr)c1. The van der Waals surface area contributed by atoms with Gasteiger partial charge in [0, 0.05) is 10.9 Å². The summed E-state index contributed by atoms with van der Waals surface area (Å²) in [7, 11) is 0. The Bertz CT molecular complexity index is 545. The third-order valence-corrected chi connectivity index (χ3v) is 3.37. The first-order valence-corrected chi connectivity index (χ1v) is 6.91. The summed E-state index contributed by atoms with van der Waals surface area (Å²) < 4.78 is 18.7. The molecule has 0 atom stereocenters. The van der Waals surface area contributed by atoms with Crippen molar-refractivity contribution in [2.75, 3.05) is 0 Å². The molecule has 2 aromatic rings. The summed E-state index contributed by atoms with van der Waals surface area (Å²) in [6.07, 6.45) is 0. The van der Waals surface area contributed by atoms with Crippen LogP contribution in [-0.2, 0) is 11.9 Å². The highest BCUT2D eigenvalue weighted by atomic mass is 79.9. The lowest BCUT2D eigenvalue weighted by molar-refractivity contribution is 0.303. The second-order valence-corrected chi connectivity index (χ2v) is 4.75. The first-order chi connectivity index (χ1) is 8.70. The van der Waals surface area contributed by atoms with Crippen molar-refractivity contribution in [1.82, 2.24) is 0 Å². The van der Waals surface area contributed by atoms with E-state index < -0.39 is 0 Å². The van der Waals surface area contributed by atoms with E-state index in [1.54, 1.807) is 12.1 Å². The van der Waals surface area contributed by atoms with Gasteiger partial charge in [-0.2, -0.15) is 0 Å². The van der Waals surface area contributed by atoms with E-state index in [2.05, 4.69) is 15.9 Å². The predicted molar refractivity (Wildman–Crippen MR) is 74.8 cm³/mol. The number of ether oxygens (including phenoxy) is 1. The van der Waals surface area contributed by atoms with Crippen molar-refractivity contribution < 1.29 is 9.13 Å². The highest BCUT2D eigenvalue weighted by Gasteiger charge is 2.07. The minimum absolute atomic E-state index is 0.268. The maximum Gasteiger partial charge on any atom is 0.142 e. The number of para-hydroxylation sites is 1. The van der Waals surface area contributed by atoms with Gasteiger partial charge in [0.05, 0.1) is 5.02 Å². The minimum atomic E-state index is -0.268. The average Bonchev–Trinajstić information content (AvgIpc) is 2.37. The molecule has 0 aliphatic heterocycles. The van der Waals surface area contributed by atoms with Gasteiger partial charge in [0.2, 0.25) is 0 Å². The van der Waals surface area contributed by atoms with Gasteiger partial charge >= 0.3 is 0 Å². The molecule has 0 unspecified atom stereocenters. The van der Waals surface area contributed by atoms with Gasteiger partial charge in [-0.1, -0.05) is 51.8 Å². The van der Waals surface area contributed by atoms with Gasteiger partial charge in [-0.15, -0.1) is 0 Å². The minimum Gasteiger partial charge on any atom is -0.487 e. The third kappa shape index (κ3) is 3.24. The van der Waals surface area contributed by atoms with Crippen LogP contribution in [0.5, 0.6) is 5.75 Å². The number of benzene rings is 2. The van der Waals surface area contributed by atoms with Gasteiger partial charge in [-0.25, -0.2) is 4.39 Å². The smallest absolute Gasteiger partial charge is 0.142 e. The lowest BCUT2D eigenvalue weighted by Crippen LogP contribution is -1.99. The molecule has 0 N–H and O–H groups in total. The van der Waals surface area contributed by atoms with E-state index in [9.17, 15) is 4.39 Å². The summed E-state index contributed by atoms with van der Waals surface area (Å²) in [6, 6.07) is 11.9. The van der Waals surface area contributed by atoms with E-state index in [1.807, 2.05) is 18.2 Å². The monoisotopic (exact) mass is 328 g/mol. The Balaban J connectivity index is 2.15. The van der Waals surface area contributed by atoms with E-state index >= 15 is 0 Å². The molecule has 0 aliphatic carbocycles. The largest absolute Gasteiger partial charge is 0.487 e. The molecule has 4 heteroatoms. The van der Waals surface area contributed by atoms with Gasteiger partial charge in [0.25, 0.3) is 0 Å². The molecule has 0 amide bonds. The fourth-order valence-corrected chi connectivity index (χ4v) is 2.29. The van der Waals surface area contributed by atoms with Crippen molar-refractivity contribution in [1.29, 1.82) is 0 Å². The summed E-state index contributed by atoms with van der Waals surface area (Å²) in [6.45, 7) is 0.293. The fourth-order valence-electron chi connectivity index (χ4n) is 1.60. The van der Waals surface area contributed by atoms with Crippen molar-refractivity contribution in [2.45, 2.75) is 11.9 Å². The Morgan fingerprint density at radius 1 is 1.17 bits per heavy atom. The van der Waals surface area contributed by atoms with Crippen LogP contribution in [0, 0.1) is 5.82 Å². The molecule has 2 rings (SSSR count). The summed E-state index contributed by atoms with van der Waals surface area (Å²) in [5.74, 6) is 0.372. The lowest BCUT2D eigenvalue weighted by atomic mass is 10.2. The molecule has 0 bridgehead atoms. The van der Waals surface area contributed by atoms with E-state index in [4.69, 9.17) is 16.3 Å². The number of hydrogen-bond donors (Lipinski definition) is 0. The summed E-state index contributed by atoms with van der Waals surface area (Å²) in [5, 5.41) is 1.22. The molecule has 2 aromatic carbocycles. The highest BCUT2D eigenvalue weighted by Crippen LogP contribution is 2.30. The zero-order valence-corrected chi connectivity index (χ0v) is 11.8. The molecule has 0 fully saturated rings. The van der Waals surface area contributed by atoms with Crippen LogP contribution in [-0.4, -0.2) is 0 Å². The quantitative estimate of drug-likeness (QED) is 0.721. The zero-order chi connectivity index (χ0) is 13.0. The first-order valence-electron chi connectivity index (χ1n) is 5.41. The van der Waals surface area contributed by atoms with Crippen LogP contribution in [0.1, 0.15) is 11.1 Å². The molecular formula is C14H11BrClFO. The van der Waals surface area contributed by atoms with Crippen LogP contribution in [0.15, 0.2) is 42.5 Å². The van der Waals surface area contributed by atoms with E-state index in [0.29, 0.717) is 22.7 Å². The molecule has 0 radical (unpaired) electrons. The predicted octanol–water partition coefficient (Wildman–Crippen LogP) is 4.95. The van der Waals surface area contributed by atoms with Crippen molar-refractivity contribution in [3.05, 3.63) is 64.4 Å². The van der Waals surface area contributed by atoms with Crippen molar-refractivity contribution in [3.8, 4) is 5.75 Å². The highest BCUT2D eigenvalue weighted by molar-refractivity contribution is 9.08. The Hall–Kier alpha value is -1.06. The van der Waals surface area contributed by atoms with Crippen LogP contribution in [0.4, 0.5) is 4.39 Å². The van der Waals surface area contributed by atoms with E-state index in [-0.39, 0.29) is 5.82 Å². The Labute approximate surface area is 119 Å². The zero-order valence-electron chi connectivity index (χ0n) is 9.50. The maximum atomic E-state index is 13.0. The standard InChI is InChI=1S/C14H11BrClFO/c15-8-11-4-2-6-13(16)14(11)18-9-10-3-1-5-12(17)7-10/h1-7H,8-9H2. The summed E-state index contributed by atoms with van der Waals surface area (Å²) >= 11 is 9.47. The third-order valence-electron chi connectivity index (χ3n) is 2.46. The molecule has 1 nitrogen and oxygen atoms in total. The van der Waals surface area contributed by atoms with Crippen LogP contribution >= 0.6 is 27.5 Å². The van der Waals surface area contributed by atoms with Crippen molar-refractivity contribution in [2.24, 2.45) is 0 Å². The summed E-state index contributed by atoms with van der Waals surface area (Å²) in [4.78, 5) is 0. The molecule has 0 saturated carbocycles. The van der Waals surface area contributed by atoms with Crippen LogP contribution in [0.2, 0.25) is 5.02 Å². The number of hydrogen-bond acceptors (Lipinski definition) is 1. The molecule has 0 aromatic heterocycles. The Morgan fingerprint density at radius 2 is 1.94 bits per heavy atom. The maximum absolute atomic E-state index is 13.0. The van der Waals surface area contributed by atoms with Gasteiger partial charge < -0.3 is 4.74 Å². The van der Waals surface area contributed by atoms with Gasteiger partial charge in [-0.3, -0.25) is 0 Å². The van der Waals surface area contributed by atoms with Crippen LogP contribution < -0.4 is 4.74 Å². The normalized spacial score (nSPS) is 10.4. The molecular weight excluding hydrogens is 319 g/mol. The van der Waals surface area contributed by atoms with E-state index in [1.165, 1.54) is 12.1 Å². The lowest BCUT2D eigenvalue weighted by Gasteiger charge is -2.11. The summed E-state index contributed by atoms with van der Waals surface area (Å²) in [5.41, 5.74) is 1.74. The Morgan fingerprint density at radius 3 is 2.67 bits per heavy atom.